The van der Waals surface area contributed by atoms with Crippen molar-refractivity contribution >= 4 is 5.91 Å². The number of hydrogen-bond acceptors (Lipinski definition) is 13. The maximum atomic E-state index is 12.8. The molecular formula is C35H63NO13. The van der Waals surface area contributed by atoms with Crippen LogP contribution in [-0.2, 0) is 23.7 Å². The van der Waals surface area contributed by atoms with Crippen molar-refractivity contribution in [2.45, 2.75) is 171 Å². The Labute approximate surface area is 290 Å². The molecule has 0 saturated carbocycles. The minimum atomic E-state index is -1.78. The number of nitrogens with one attached hydrogen (secondary N) is 1. The van der Waals surface area contributed by atoms with Crippen LogP contribution >= 0.6 is 0 Å². The van der Waals surface area contributed by atoms with Crippen LogP contribution in [0, 0.1) is 0 Å². The fraction of sp³-hybridized carbons (Fsp3) is 0.857. The van der Waals surface area contributed by atoms with E-state index in [1.807, 2.05) is 6.08 Å². The summed E-state index contributed by atoms with van der Waals surface area (Å²) in [6.45, 7) is 2.51. The lowest BCUT2D eigenvalue weighted by atomic mass is 9.97. The molecule has 0 bridgehead atoms. The molecule has 2 saturated heterocycles. The van der Waals surface area contributed by atoms with Crippen LogP contribution in [-0.4, -0.2) is 140 Å². The number of carbonyl (C=O) groups excluding carboxylic acids is 1. The molecule has 12 atom stereocenters. The first-order chi connectivity index (χ1) is 23.6. The molecule has 0 aliphatic carbocycles. The number of hydrogen-bond donors (Lipinski definition) is 9. The molecule has 14 heteroatoms. The zero-order chi connectivity index (χ0) is 36.2. The number of rotatable bonds is 24. The van der Waals surface area contributed by atoms with Crippen LogP contribution in [0.3, 0.4) is 0 Å². The van der Waals surface area contributed by atoms with Gasteiger partial charge in [-0.3, -0.25) is 4.79 Å². The molecule has 49 heavy (non-hydrogen) atoms. The van der Waals surface area contributed by atoms with E-state index in [2.05, 4.69) is 31.3 Å². The first kappa shape index (κ1) is 43.6. The Kier molecular flexibility index (Phi) is 21.9. The number of amides is 1. The maximum absolute atomic E-state index is 12.8. The van der Waals surface area contributed by atoms with Gasteiger partial charge in [-0.2, -0.15) is 0 Å². The van der Waals surface area contributed by atoms with Crippen LogP contribution in [0.5, 0.6) is 0 Å². The predicted molar refractivity (Wildman–Crippen MR) is 180 cm³/mol. The van der Waals surface area contributed by atoms with E-state index in [0.29, 0.717) is 6.42 Å². The number of aliphatic hydroxyl groups excluding tert-OH is 8. The lowest BCUT2D eigenvalue weighted by Gasteiger charge is -2.46. The third-order valence-electron chi connectivity index (χ3n) is 8.88. The molecule has 2 aliphatic heterocycles. The first-order valence-electron chi connectivity index (χ1n) is 18.1. The van der Waals surface area contributed by atoms with Crippen LogP contribution in [0.4, 0.5) is 0 Å². The van der Waals surface area contributed by atoms with Gasteiger partial charge in [0.15, 0.2) is 12.6 Å². The topological polar surface area (TPSA) is 228 Å². The Morgan fingerprint density at radius 1 is 0.714 bits per heavy atom. The summed E-state index contributed by atoms with van der Waals surface area (Å²) in [5, 5.41) is 85.4. The van der Waals surface area contributed by atoms with Gasteiger partial charge < -0.3 is 65.1 Å². The van der Waals surface area contributed by atoms with Crippen LogP contribution in [0.25, 0.3) is 0 Å². The number of unbranched alkanes of at least 4 members (excludes halogenated alkanes) is 9. The Morgan fingerprint density at radius 2 is 1.29 bits per heavy atom. The first-order valence-corrected chi connectivity index (χ1v) is 18.1. The average molecular weight is 706 g/mol. The number of aliphatic hydroxyl groups is 8. The molecule has 9 N–H and O–H groups in total. The molecule has 0 aromatic heterocycles. The van der Waals surface area contributed by atoms with E-state index in [-0.39, 0.29) is 18.9 Å². The molecule has 14 nitrogen and oxygen atoms in total. The molecule has 2 aliphatic rings. The molecule has 1 amide bonds. The van der Waals surface area contributed by atoms with Gasteiger partial charge in [-0.15, -0.1) is 0 Å². The lowest BCUT2D eigenvalue weighted by Crippen LogP contribution is -2.65. The summed E-state index contributed by atoms with van der Waals surface area (Å²) in [7, 11) is 0. The second kappa shape index (κ2) is 24.6. The Balaban J connectivity index is 1.94. The molecule has 0 aromatic rings. The highest BCUT2D eigenvalue weighted by atomic mass is 16.7. The Bertz CT molecular complexity index is 935. The third-order valence-corrected chi connectivity index (χ3v) is 8.88. The minimum absolute atomic E-state index is 0.264. The molecule has 0 aromatic carbocycles. The Morgan fingerprint density at radius 3 is 1.94 bits per heavy atom. The standard InChI is InChI=1S/C35H63NO13/c1-3-5-7-9-10-11-12-13-14-15-17-19-27(40)36-23(24(39)18-16-8-6-4-2)22-46-34-32(45)30(43)33(26(21-38)48-34)49-35-31(44)29(42)28(41)25(20-37)47-35/h9-10,16,18,23-26,28-35,37-39,41-45H,3-8,11-15,17,19-22H2,1-2H3,(H,36,40)/b10-9-,18-16+. The van der Waals surface area contributed by atoms with Gasteiger partial charge in [-0.1, -0.05) is 83.1 Å². The van der Waals surface area contributed by atoms with Gasteiger partial charge >= 0.3 is 0 Å². The smallest absolute Gasteiger partial charge is 0.220 e. The zero-order valence-electron chi connectivity index (χ0n) is 29.2. The summed E-state index contributed by atoms with van der Waals surface area (Å²) in [5.41, 5.74) is 0. The van der Waals surface area contributed by atoms with Crippen LogP contribution < -0.4 is 5.32 Å². The van der Waals surface area contributed by atoms with E-state index in [4.69, 9.17) is 18.9 Å². The number of carbonyl (C=O) groups is 1. The zero-order valence-corrected chi connectivity index (χ0v) is 29.2. The summed E-state index contributed by atoms with van der Waals surface area (Å²) in [4.78, 5) is 12.8. The highest BCUT2D eigenvalue weighted by Gasteiger charge is 2.50. The van der Waals surface area contributed by atoms with Gasteiger partial charge in [0.05, 0.1) is 32.0 Å². The van der Waals surface area contributed by atoms with Gasteiger partial charge in [-0.05, 0) is 32.1 Å². The van der Waals surface area contributed by atoms with E-state index in [9.17, 15) is 45.6 Å². The molecule has 0 radical (unpaired) electrons. The quantitative estimate of drug-likeness (QED) is 0.0498. The number of allylic oxidation sites excluding steroid dienone is 3. The molecular weight excluding hydrogens is 642 g/mol. The molecule has 286 valence electrons. The summed E-state index contributed by atoms with van der Waals surface area (Å²) in [6, 6.07) is -0.909. The summed E-state index contributed by atoms with van der Waals surface area (Å²) in [5.74, 6) is -0.264. The minimum Gasteiger partial charge on any atom is -0.394 e. The van der Waals surface area contributed by atoms with Crippen molar-refractivity contribution in [1.82, 2.24) is 5.32 Å². The van der Waals surface area contributed by atoms with Crippen molar-refractivity contribution in [3.8, 4) is 0 Å². The van der Waals surface area contributed by atoms with Crippen molar-refractivity contribution in [3.63, 3.8) is 0 Å². The lowest BCUT2D eigenvalue weighted by molar-refractivity contribution is -0.359. The average Bonchev–Trinajstić information content (AvgIpc) is 3.09. The summed E-state index contributed by atoms with van der Waals surface area (Å²) < 4.78 is 22.3. The van der Waals surface area contributed by atoms with E-state index < -0.39 is 86.8 Å². The van der Waals surface area contributed by atoms with Crippen LogP contribution in [0.2, 0.25) is 0 Å². The van der Waals surface area contributed by atoms with E-state index in [0.717, 1.165) is 57.8 Å². The highest BCUT2D eigenvalue weighted by molar-refractivity contribution is 5.76. The normalized spacial score (nSPS) is 32.1. The second-order valence-corrected chi connectivity index (χ2v) is 13.0. The van der Waals surface area contributed by atoms with Gasteiger partial charge in [0.2, 0.25) is 5.91 Å². The molecule has 2 fully saturated rings. The highest BCUT2D eigenvalue weighted by Crippen LogP contribution is 2.29. The van der Waals surface area contributed by atoms with Crippen LogP contribution in [0.1, 0.15) is 97.3 Å². The molecule has 12 unspecified atom stereocenters. The van der Waals surface area contributed by atoms with Crippen molar-refractivity contribution in [3.05, 3.63) is 24.3 Å². The monoisotopic (exact) mass is 705 g/mol. The molecule has 2 heterocycles. The van der Waals surface area contributed by atoms with Gasteiger partial charge in [-0.25, -0.2) is 0 Å². The fourth-order valence-corrected chi connectivity index (χ4v) is 5.72. The van der Waals surface area contributed by atoms with Crippen molar-refractivity contribution in [1.29, 1.82) is 0 Å². The van der Waals surface area contributed by atoms with Crippen molar-refractivity contribution in [2.75, 3.05) is 19.8 Å². The van der Waals surface area contributed by atoms with E-state index >= 15 is 0 Å². The SMILES string of the molecule is CCCC/C=C\CCCCCCCC(=O)NC(COC1OC(CO)C(OC2OC(CO)C(O)C(O)C2O)C(O)C1O)C(O)/C=C/CCCC. The predicted octanol–water partition coefficient (Wildman–Crippen LogP) is 0.696. The third kappa shape index (κ3) is 14.9. The summed E-state index contributed by atoms with van der Waals surface area (Å²) in [6.07, 6.45) is 3.29. The van der Waals surface area contributed by atoms with Gasteiger partial charge in [0.1, 0.15) is 48.8 Å². The fourth-order valence-electron chi connectivity index (χ4n) is 5.72. The largest absolute Gasteiger partial charge is 0.394 e. The molecule has 2 rings (SSSR count). The van der Waals surface area contributed by atoms with E-state index in [1.165, 1.54) is 12.8 Å². The van der Waals surface area contributed by atoms with Gasteiger partial charge in [0, 0.05) is 6.42 Å². The second-order valence-electron chi connectivity index (χ2n) is 13.0. The van der Waals surface area contributed by atoms with Crippen molar-refractivity contribution < 1.29 is 64.6 Å². The van der Waals surface area contributed by atoms with Gasteiger partial charge in [0.25, 0.3) is 0 Å². The number of ether oxygens (including phenoxy) is 4. The van der Waals surface area contributed by atoms with Crippen molar-refractivity contribution in [2.24, 2.45) is 0 Å². The van der Waals surface area contributed by atoms with Crippen LogP contribution in [0.15, 0.2) is 24.3 Å². The maximum Gasteiger partial charge on any atom is 0.220 e. The molecule has 0 spiro atoms. The Hall–Kier alpha value is -1.53. The van der Waals surface area contributed by atoms with E-state index in [1.54, 1.807) is 6.08 Å². The summed E-state index contributed by atoms with van der Waals surface area (Å²) >= 11 is 0.